The standard InChI is InChI=1S/C10H20N4O.HI/c1-14-4-3-8(14)5-11-10-12-6-9(15-2)7-13-10;/h8-9H,3-7H2,1-2H3,(H2,11,12,13);1H. The van der Waals surface area contributed by atoms with Crippen molar-refractivity contribution in [1.82, 2.24) is 15.5 Å². The van der Waals surface area contributed by atoms with Gasteiger partial charge in [-0.15, -0.1) is 24.0 Å². The molecule has 0 aromatic heterocycles. The Balaban J connectivity index is 0.00000128. The Morgan fingerprint density at radius 2 is 2.44 bits per heavy atom. The minimum atomic E-state index is 0. The largest absolute Gasteiger partial charge is 0.378 e. The van der Waals surface area contributed by atoms with Crippen molar-refractivity contribution in [3.05, 3.63) is 0 Å². The molecule has 0 bridgehead atoms. The summed E-state index contributed by atoms with van der Waals surface area (Å²) in [6.45, 7) is 3.81. The van der Waals surface area contributed by atoms with E-state index < -0.39 is 0 Å². The third-order valence-corrected chi connectivity index (χ3v) is 3.23. The van der Waals surface area contributed by atoms with Crippen molar-refractivity contribution < 1.29 is 4.74 Å². The van der Waals surface area contributed by atoms with Gasteiger partial charge in [0.25, 0.3) is 0 Å². The number of ether oxygens (including phenoxy) is 1. The zero-order valence-corrected chi connectivity index (χ0v) is 12.2. The van der Waals surface area contributed by atoms with Crippen LogP contribution in [0.25, 0.3) is 0 Å². The maximum absolute atomic E-state index is 5.21. The van der Waals surface area contributed by atoms with Crippen LogP contribution in [0.3, 0.4) is 0 Å². The molecule has 94 valence electrons. The molecule has 2 N–H and O–H groups in total. The molecular formula is C10H21IN4O. The Morgan fingerprint density at radius 3 is 2.88 bits per heavy atom. The number of halogens is 1. The molecule has 2 heterocycles. The predicted octanol–water partition coefficient (Wildman–Crippen LogP) is -0.128. The van der Waals surface area contributed by atoms with Crippen LogP contribution in [0.15, 0.2) is 4.99 Å². The smallest absolute Gasteiger partial charge is 0.191 e. The lowest BCUT2D eigenvalue weighted by atomic mass is 10.1. The Hall–Kier alpha value is -0.0800. The Morgan fingerprint density at radius 1 is 1.62 bits per heavy atom. The first-order valence-electron chi connectivity index (χ1n) is 5.55. The van der Waals surface area contributed by atoms with Crippen LogP contribution in [0.2, 0.25) is 0 Å². The first-order chi connectivity index (χ1) is 7.29. The molecule has 0 saturated carbocycles. The molecule has 1 saturated heterocycles. The molecular weight excluding hydrogens is 319 g/mol. The number of nitrogens with one attached hydrogen (secondary N) is 2. The van der Waals surface area contributed by atoms with E-state index in [2.05, 4.69) is 27.6 Å². The van der Waals surface area contributed by atoms with Crippen LogP contribution < -0.4 is 10.6 Å². The van der Waals surface area contributed by atoms with Crippen molar-refractivity contribution in [2.75, 3.05) is 40.3 Å². The molecule has 1 fully saturated rings. The first-order valence-corrected chi connectivity index (χ1v) is 5.55. The van der Waals surface area contributed by atoms with Gasteiger partial charge in [0.05, 0.1) is 12.6 Å². The number of likely N-dealkylation sites (tertiary alicyclic amines) is 1. The molecule has 0 spiro atoms. The average Bonchev–Trinajstić information content (AvgIpc) is 2.28. The van der Waals surface area contributed by atoms with Crippen LogP contribution in [-0.2, 0) is 4.74 Å². The highest BCUT2D eigenvalue weighted by Gasteiger charge is 2.24. The molecule has 2 rings (SSSR count). The summed E-state index contributed by atoms with van der Waals surface area (Å²) in [6.07, 6.45) is 1.51. The van der Waals surface area contributed by atoms with Gasteiger partial charge in [-0.05, 0) is 20.0 Å². The van der Waals surface area contributed by atoms with Gasteiger partial charge < -0.3 is 20.3 Å². The monoisotopic (exact) mass is 340 g/mol. The zero-order chi connectivity index (χ0) is 10.7. The van der Waals surface area contributed by atoms with Gasteiger partial charge in [-0.1, -0.05) is 0 Å². The lowest BCUT2D eigenvalue weighted by Crippen LogP contribution is -2.54. The fourth-order valence-electron chi connectivity index (χ4n) is 1.84. The lowest BCUT2D eigenvalue weighted by molar-refractivity contribution is 0.108. The van der Waals surface area contributed by atoms with E-state index in [9.17, 15) is 0 Å². The van der Waals surface area contributed by atoms with Gasteiger partial charge in [-0.25, -0.2) is 0 Å². The molecule has 2 aliphatic heterocycles. The van der Waals surface area contributed by atoms with Gasteiger partial charge in [-0.3, -0.25) is 4.99 Å². The average molecular weight is 340 g/mol. The quantitative estimate of drug-likeness (QED) is 0.703. The Labute approximate surface area is 114 Å². The van der Waals surface area contributed by atoms with E-state index in [4.69, 9.17) is 4.74 Å². The SMILES string of the molecule is COC1CN=C(NCC2CCN2C)NC1.I. The second-order valence-corrected chi connectivity index (χ2v) is 4.23. The maximum Gasteiger partial charge on any atom is 0.191 e. The molecule has 5 nitrogen and oxygen atoms in total. The number of hydrogen-bond donors (Lipinski definition) is 2. The molecule has 6 heteroatoms. The molecule has 0 aromatic rings. The van der Waals surface area contributed by atoms with E-state index in [1.807, 2.05) is 0 Å². The van der Waals surface area contributed by atoms with Gasteiger partial charge in [0.15, 0.2) is 5.96 Å². The number of hydrogen-bond acceptors (Lipinski definition) is 5. The fraction of sp³-hybridized carbons (Fsp3) is 0.900. The second kappa shape index (κ2) is 6.61. The van der Waals surface area contributed by atoms with Crippen LogP contribution in [0.4, 0.5) is 0 Å². The van der Waals surface area contributed by atoms with E-state index in [0.717, 1.165) is 25.6 Å². The molecule has 2 aliphatic rings. The summed E-state index contributed by atoms with van der Waals surface area (Å²) in [5, 5.41) is 6.57. The highest BCUT2D eigenvalue weighted by Crippen LogP contribution is 2.12. The molecule has 0 amide bonds. The van der Waals surface area contributed by atoms with E-state index in [1.54, 1.807) is 7.11 Å². The summed E-state index contributed by atoms with van der Waals surface area (Å²) in [7, 11) is 3.89. The molecule has 2 unspecified atom stereocenters. The summed E-state index contributed by atoms with van der Waals surface area (Å²) in [5.41, 5.74) is 0. The normalized spacial score (nSPS) is 29.5. The van der Waals surface area contributed by atoms with Crippen molar-refractivity contribution in [3.63, 3.8) is 0 Å². The van der Waals surface area contributed by atoms with Crippen molar-refractivity contribution in [2.45, 2.75) is 18.6 Å². The van der Waals surface area contributed by atoms with Gasteiger partial charge in [0, 0.05) is 26.2 Å². The van der Waals surface area contributed by atoms with Crippen LogP contribution >= 0.6 is 24.0 Å². The Kier molecular flexibility index (Phi) is 5.77. The summed E-state index contributed by atoms with van der Waals surface area (Å²) < 4.78 is 5.21. The predicted molar refractivity (Wildman–Crippen MR) is 75.6 cm³/mol. The number of methoxy groups -OCH3 is 1. The van der Waals surface area contributed by atoms with Crippen LogP contribution in [-0.4, -0.2) is 63.3 Å². The highest BCUT2D eigenvalue weighted by molar-refractivity contribution is 14.0. The summed E-state index contributed by atoms with van der Waals surface area (Å²) in [6, 6.07) is 0.676. The van der Waals surface area contributed by atoms with Crippen molar-refractivity contribution in [2.24, 2.45) is 4.99 Å². The Bertz CT molecular complexity index is 249. The van der Waals surface area contributed by atoms with Crippen LogP contribution in [0, 0.1) is 0 Å². The van der Waals surface area contributed by atoms with Crippen molar-refractivity contribution in [1.29, 1.82) is 0 Å². The number of rotatable bonds is 3. The third-order valence-electron chi connectivity index (χ3n) is 3.23. The molecule has 16 heavy (non-hydrogen) atoms. The topological polar surface area (TPSA) is 48.9 Å². The molecule has 0 radical (unpaired) electrons. The lowest BCUT2D eigenvalue weighted by Gasteiger charge is -2.38. The fourth-order valence-corrected chi connectivity index (χ4v) is 1.84. The van der Waals surface area contributed by atoms with Crippen molar-refractivity contribution in [3.8, 4) is 0 Å². The molecule has 0 aliphatic carbocycles. The van der Waals surface area contributed by atoms with Crippen LogP contribution in [0.1, 0.15) is 6.42 Å². The number of nitrogens with zero attached hydrogens (tertiary/aromatic N) is 2. The second-order valence-electron chi connectivity index (χ2n) is 4.23. The van der Waals surface area contributed by atoms with Gasteiger partial charge in [0.2, 0.25) is 0 Å². The zero-order valence-electron chi connectivity index (χ0n) is 9.90. The summed E-state index contributed by atoms with van der Waals surface area (Å²) >= 11 is 0. The third kappa shape index (κ3) is 3.46. The van der Waals surface area contributed by atoms with Gasteiger partial charge in [0.1, 0.15) is 0 Å². The number of aliphatic imine (C=N–C) groups is 1. The number of likely N-dealkylation sites (N-methyl/N-ethyl adjacent to an activating group) is 1. The minimum Gasteiger partial charge on any atom is -0.378 e. The molecule has 0 aromatic carbocycles. The van der Waals surface area contributed by atoms with E-state index in [1.165, 1.54) is 13.0 Å². The molecule has 2 atom stereocenters. The first kappa shape index (κ1) is 14.0. The minimum absolute atomic E-state index is 0. The van der Waals surface area contributed by atoms with E-state index >= 15 is 0 Å². The van der Waals surface area contributed by atoms with E-state index in [0.29, 0.717) is 6.04 Å². The van der Waals surface area contributed by atoms with Crippen molar-refractivity contribution >= 4 is 29.9 Å². The maximum atomic E-state index is 5.21. The number of guanidine groups is 1. The van der Waals surface area contributed by atoms with Gasteiger partial charge >= 0.3 is 0 Å². The van der Waals surface area contributed by atoms with Crippen LogP contribution in [0.5, 0.6) is 0 Å². The summed E-state index contributed by atoms with van der Waals surface area (Å²) in [4.78, 5) is 6.74. The summed E-state index contributed by atoms with van der Waals surface area (Å²) in [5.74, 6) is 0.920. The highest BCUT2D eigenvalue weighted by atomic mass is 127. The van der Waals surface area contributed by atoms with E-state index in [-0.39, 0.29) is 30.1 Å². The van der Waals surface area contributed by atoms with Gasteiger partial charge in [-0.2, -0.15) is 0 Å².